The van der Waals surface area contributed by atoms with E-state index in [9.17, 15) is 9.59 Å². The third kappa shape index (κ3) is 4.36. The molecule has 0 spiro atoms. The Kier molecular flexibility index (Phi) is 4.95. The van der Waals surface area contributed by atoms with Crippen LogP contribution in [0.2, 0.25) is 0 Å². The lowest BCUT2D eigenvalue weighted by atomic mass is 10.2. The first-order chi connectivity index (χ1) is 12.1. The molecule has 25 heavy (non-hydrogen) atoms. The summed E-state index contributed by atoms with van der Waals surface area (Å²) < 4.78 is 5.25. The summed E-state index contributed by atoms with van der Waals surface area (Å²) in [5, 5.41) is 14.7. The number of benzene rings is 1. The van der Waals surface area contributed by atoms with Gasteiger partial charge in [-0.05, 0) is 19.1 Å². The number of rotatable bonds is 4. The van der Waals surface area contributed by atoms with Gasteiger partial charge in [0.15, 0.2) is 0 Å². The van der Waals surface area contributed by atoms with E-state index in [0.717, 1.165) is 11.3 Å². The number of amides is 2. The lowest BCUT2D eigenvalue weighted by Gasteiger charge is -1.98. The zero-order valence-corrected chi connectivity index (χ0v) is 13.9. The lowest BCUT2D eigenvalue weighted by Crippen LogP contribution is -2.32. The van der Waals surface area contributed by atoms with Gasteiger partial charge in [-0.1, -0.05) is 41.7 Å². The fraction of sp³-hybridized carbons (Fsp3) is 0.0625. The van der Waals surface area contributed by atoms with E-state index in [4.69, 9.17) is 4.42 Å². The Morgan fingerprint density at radius 2 is 1.92 bits per heavy atom. The Balaban J connectivity index is 1.56. The second kappa shape index (κ2) is 7.49. The number of hydrazone groups is 1. The van der Waals surface area contributed by atoms with Crippen molar-refractivity contribution >= 4 is 34.5 Å². The predicted octanol–water partition coefficient (Wildman–Crippen LogP) is 2.20. The monoisotopic (exact) mass is 355 g/mol. The standard InChI is InChI=1S/C16H13N5O3S/c1-10-7-8-12(24-10)9-17-19-14(23)13(22)18-16-21-20-15(25-16)11-5-3-2-4-6-11/h2-9H,1H3,(H,19,23)(H,18,21,22). The molecule has 0 fully saturated rings. The van der Waals surface area contributed by atoms with Crippen LogP contribution >= 0.6 is 11.3 Å². The molecule has 0 unspecified atom stereocenters. The van der Waals surface area contributed by atoms with Crippen LogP contribution in [0, 0.1) is 6.92 Å². The number of nitrogens with one attached hydrogen (secondary N) is 2. The highest BCUT2D eigenvalue weighted by molar-refractivity contribution is 7.18. The van der Waals surface area contributed by atoms with Crippen molar-refractivity contribution in [2.45, 2.75) is 6.92 Å². The topological polar surface area (TPSA) is 109 Å². The van der Waals surface area contributed by atoms with Crippen LogP contribution in [0.15, 0.2) is 52.0 Å². The van der Waals surface area contributed by atoms with Gasteiger partial charge in [0.1, 0.15) is 16.5 Å². The fourth-order valence-corrected chi connectivity index (χ4v) is 2.60. The molecule has 3 aromatic rings. The van der Waals surface area contributed by atoms with Crippen LogP contribution in [0.3, 0.4) is 0 Å². The van der Waals surface area contributed by atoms with E-state index in [0.29, 0.717) is 10.8 Å². The Hall–Kier alpha value is -3.33. The average molecular weight is 355 g/mol. The molecule has 8 nitrogen and oxygen atoms in total. The molecule has 2 amide bonds. The predicted molar refractivity (Wildman–Crippen MR) is 93.2 cm³/mol. The summed E-state index contributed by atoms with van der Waals surface area (Å²) >= 11 is 1.17. The SMILES string of the molecule is Cc1ccc(C=NNC(=O)C(=O)Nc2nnc(-c3ccccc3)s2)o1. The van der Waals surface area contributed by atoms with Crippen LogP contribution in [0.5, 0.6) is 0 Å². The first kappa shape index (κ1) is 16.5. The van der Waals surface area contributed by atoms with Gasteiger partial charge in [-0.3, -0.25) is 14.9 Å². The number of carbonyl (C=O) groups excluding carboxylic acids is 2. The number of carbonyl (C=O) groups is 2. The third-order valence-electron chi connectivity index (χ3n) is 2.99. The van der Waals surface area contributed by atoms with Crippen molar-refractivity contribution in [1.82, 2.24) is 15.6 Å². The molecular weight excluding hydrogens is 342 g/mol. The number of anilines is 1. The molecule has 0 bridgehead atoms. The molecule has 0 saturated heterocycles. The maximum atomic E-state index is 11.8. The van der Waals surface area contributed by atoms with Crippen LogP contribution in [-0.4, -0.2) is 28.2 Å². The molecule has 0 saturated carbocycles. The number of nitrogens with zero attached hydrogens (tertiary/aromatic N) is 3. The molecule has 0 aliphatic rings. The minimum Gasteiger partial charge on any atom is -0.460 e. The van der Waals surface area contributed by atoms with E-state index in [-0.39, 0.29) is 5.13 Å². The average Bonchev–Trinajstić information content (AvgIpc) is 3.24. The highest BCUT2D eigenvalue weighted by Gasteiger charge is 2.16. The van der Waals surface area contributed by atoms with E-state index >= 15 is 0 Å². The van der Waals surface area contributed by atoms with E-state index < -0.39 is 11.8 Å². The van der Waals surface area contributed by atoms with Crippen molar-refractivity contribution in [3.05, 3.63) is 54.0 Å². The number of aryl methyl sites for hydroxylation is 1. The Morgan fingerprint density at radius 3 is 2.64 bits per heavy atom. The Labute approximate surface area is 146 Å². The maximum absolute atomic E-state index is 11.8. The van der Waals surface area contributed by atoms with E-state index in [1.54, 1.807) is 19.1 Å². The summed E-state index contributed by atoms with van der Waals surface area (Å²) in [4.78, 5) is 23.5. The quantitative estimate of drug-likeness (QED) is 0.423. The normalized spacial score (nSPS) is 10.8. The second-order valence-electron chi connectivity index (χ2n) is 4.88. The minimum atomic E-state index is -0.920. The molecule has 0 atom stereocenters. The summed E-state index contributed by atoms with van der Waals surface area (Å²) in [7, 11) is 0. The zero-order valence-electron chi connectivity index (χ0n) is 13.1. The van der Waals surface area contributed by atoms with Gasteiger partial charge in [-0.15, -0.1) is 10.2 Å². The second-order valence-corrected chi connectivity index (χ2v) is 5.86. The van der Waals surface area contributed by atoms with Gasteiger partial charge in [0.05, 0.1) is 6.21 Å². The van der Waals surface area contributed by atoms with Gasteiger partial charge in [0.25, 0.3) is 0 Å². The highest BCUT2D eigenvalue weighted by Crippen LogP contribution is 2.25. The molecule has 126 valence electrons. The fourth-order valence-electron chi connectivity index (χ4n) is 1.85. The summed E-state index contributed by atoms with van der Waals surface area (Å²) in [5.41, 5.74) is 2.99. The zero-order chi connectivity index (χ0) is 17.6. The molecule has 3 rings (SSSR count). The van der Waals surface area contributed by atoms with Crippen molar-refractivity contribution in [3.8, 4) is 10.6 Å². The van der Waals surface area contributed by atoms with Crippen LogP contribution in [-0.2, 0) is 9.59 Å². The van der Waals surface area contributed by atoms with Crippen molar-refractivity contribution in [2.24, 2.45) is 5.10 Å². The number of hydrogen-bond donors (Lipinski definition) is 2. The summed E-state index contributed by atoms with van der Waals surface area (Å²) in [5.74, 6) is -0.620. The Morgan fingerprint density at radius 1 is 1.12 bits per heavy atom. The molecule has 0 aliphatic carbocycles. The molecular formula is C16H13N5O3S. The summed E-state index contributed by atoms with van der Waals surface area (Å²) in [6.45, 7) is 1.79. The van der Waals surface area contributed by atoms with E-state index in [1.807, 2.05) is 30.3 Å². The van der Waals surface area contributed by atoms with Crippen LogP contribution in [0.1, 0.15) is 11.5 Å². The largest absolute Gasteiger partial charge is 0.460 e. The van der Waals surface area contributed by atoms with Gasteiger partial charge in [-0.25, -0.2) is 5.43 Å². The van der Waals surface area contributed by atoms with Crippen molar-refractivity contribution < 1.29 is 14.0 Å². The molecule has 2 heterocycles. The van der Waals surface area contributed by atoms with Gasteiger partial charge in [-0.2, -0.15) is 5.10 Å². The van der Waals surface area contributed by atoms with Crippen LogP contribution in [0.4, 0.5) is 5.13 Å². The third-order valence-corrected chi connectivity index (χ3v) is 3.88. The summed E-state index contributed by atoms with van der Waals surface area (Å²) in [6.07, 6.45) is 1.30. The first-order valence-corrected chi connectivity index (χ1v) is 8.03. The van der Waals surface area contributed by atoms with E-state index in [2.05, 4.69) is 26.0 Å². The maximum Gasteiger partial charge on any atom is 0.329 e. The number of furan rings is 1. The lowest BCUT2D eigenvalue weighted by molar-refractivity contribution is -0.136. The molecule has 2 N–H and O–H groups in total. The minimum absolute atomic E-state index is 0.227. The first-order valence-electron chi connectivity index (χ1n) is 7.21. The van der Waals surface area contributed by atoms with Crippen LogP contribution < -0.4 is 10.7 Å². The van der Waals surface area contributed by atoms with E-state index in [1.165, 1.54) is 17.6 Å². The van der Waals surface area contributed by atoms with Gasteiger partial charge in [0.2, 0.25) is 5.13 Å². The van der Waals surface area contributed by atoms with Gasteiger partial charge >= 0.3 is 11.8 Å². The Bertz CT molecular complexity index is 917. The van der Waals surface area contributed by atoms with Gasteiger partial charge < -0.3 is 4.42 Å². The molecule has 0 aliphatic heterocycles. The van der Waals surface area contributed by atoms with Gasteiger partial charge in [0, 0.05) is 5.56 Å². The molecule has 9 heteroatoms. The van der Waals surface area contributed by atoms with Crippen molar-refractivity contribution in [2.75, 3.05) is 5.32 Å². The molecule has 1 aromatic carbocycles. The summed E-state index contributed by atoms with van der Waals surface area (Å²) in [6, 6.07) is 12.9. The smallest absolute Gasteiger partial charge is 0.329 e. The van der Waals surface area contributed by atoms with Crippen molar-refractivity contribution in [1.29, 1.82) is 0 Å². The molecule has 2 aromatic heterocycles. The van der Waals surface area contributed by atoms with Crippen LogP contribution in [0.25, 0.3) is 10.6 Å². The molecule has 0 radical (unpaired) electrons. The highest BCUT2D eigenvalue weighted by atomic mass is 32.1. The number of hydrogen-bond acceptors (Lipinski definition) is 7. The number of aromatic nitrogens is 2. The van der Waals surface area contributed by atoms with Crippen molar-refractivity contribution in [3.63, 3.8) is 0 Å².